The molecule has 144 valence electrons. The summed E-state index contributed by atoms with van der Waals surface area (Å²) >= 11 is 2.58. The number of carbonyl (C=O) groups excluding carboxylic acids is 2. The van der Waals surface area contributed by atoms with Crippen LogP contribution in [0.4, 0.5) is 20.2 Å². The number of hydrogen-bond acceptors (Lipinski definition) is 5. The largest absolute Gasteiger partial charge is 0.326 e. The molecule has 0 bridgehead atoms. The predicted octanol–water partition coefficient (Wildman–Crippen LogP) is 4.33. The van der Waals surface area contributed by atoms with Gasteiger partial charge in [0.2, 0.25) is 11.8 Å². The van der Waals surface area contributed by atoms with E-state index in [0.29, 0.717) is 21.4 Å². The van der Waals surface area contributed by atoms with Gasteiger partial charge in [-0.3, -0.25) is 9.59 Å². The van der Waals surface area contributed by atoms with Gasteiger partial charge in [0.05, 0.1) is 17.9 Å². The van der Waals surface area contributed by atoms with E-state index in [-0.39, 0.29) is 29.8 Å². The van der Waals surface area contributed by atoms with Crippen LogP contribution in [0.15, 0.2) is 58.3 Å². The number of thiazole rings is 1. The zero-order valence-electron chi connectivity index (χ0n) is 14.4. The highest BCUT2D eigenvalue weighted by Crippen LogP contribution is 2.23. The van der Waals surface area contributed by atoms with Crippen molar-refractivity contribution in [3.8, 4) is 0 Å². The molecule has 3 aromatic rings. The van der Waals surface area contributed by atoms with Crippen LogP contribution in [0.5, 0.6) is 0 Å². The molecule has 1 heterocycles. The second kappa shape index (κ2) is 9.43. The van der Waals surface area contributed by atoms with Crippen molar-refractivity contribution in [1.82, 2.24) is 4.98 Å². The number of benzene rings is 2. The number of anilines is 2. The van der Waals surface area contributed by atoms with Gasteiger partial charge in [0, 0.05) is 16.8 Å². The minimum absolute atomic E-state index is 0.0509. The van der Waals surface area contributed by atoms with Gasteiger partial charge in [-0.1, -0.05) is 17.8 Å². The molecule has 1 aromatic heterocycles. The highest BCUT2D eigenvalue weighted by Gasteiger charge is 2.11. The Hall–Kier alpha value is -2.78. The minimum atomic E-state index is -0.427. The molecule has 0 saturated carbocycles. The summed E-state index contributed by atoms with van der Waals surface area (Å²) < 4.78 is 26.7. The molecule has 0 aliphatic rings. The van der Waals surface area contributed by atoms with Crippen LogP contribution in [0.1, 0.15) is 5.69 Å². The summed E-state index contributed by atoms with van der Waals surface area (Å²) in [7, 11) is 0. The molecule has 0 radical (unpaired) electrons. The van der Waals surface area contributed by atoms with Crippen LogP contribution in [-0.2, 0) is 16.0 Å². The molecule has 0 unspecified atom stereocenters. The summed E-state index contributed by atoms with van der Waals surface area (Å²) in [5.74, 6) is -1.20. The molecule has 28 heavy (non-hydrogen) atoms. The highest BCUT2D eigenvalue weighted by molar-refractivity contribution is 8.01. The smallest absolute Gasteiger partial charge is 0.234 e. The molecule has 5 nitrogen and oxygen atoms in total. The van der Waals surface area contributed by atoms with Gasteiger partial charge >= 0.3 is 0 Å². The molecule has 2 aromatic carbocycles. The zero-order chi connectivity index (χ0) is 19.9. The number of hydrogen-bond donors (Lipinski definition) is 2. The predicted molar refractivity (Wildman–Crippen MR) is 107 cm³/mol. The van der Waals surface area contributed by atoms with Gasteiger partial charge in [0.15, 0.2) is 4.34 Å². The first-order valence-corrected chi connectivity index (χ1v) is 10.0. The van der Waals surface area contributed by atoms with E-state index in [4.69, 9.17) is 0 Å². The van der Waals surface area contributed by atoms with Crippen molar-refractivity contribution in [2.45, 2.75) is 10.8 Å². The number of aromatic nitrogens is 1. The van der Waals surface area contributed by atoms with Gasteiger partial charge in [-0.05, 0) is 42.5 Å². The Balaban J connectivity index is 1.46. The second-order valence-electron chi connectivity index (χ2n) is 5.68. The molecular weight excluding hydrogens is 404 g/mol. The lowest BCUT2D eigenvalue weighted by Gasteiger charge is -2.04. The third kappa shape index (κ3) is 6.14. The fourth-order valence-corrected chi connectivity index (χ4v) is 3.87. The average Bonchev–Trinajstić information content (AvgIpc) is 3.09. The van der Waals surface area contributed by atoms with Gasteiger partial charge in [-0.25, -0.2) is 13.8 Å². The molecule has 2 N–H and O–H groups in total. The molecule has 0 aliphatic carbocycles. The van der Waals surface area contributed by atoms with E-state index in [1.807, 2.05) is 0 Å². The average molecular weight is 419 g/mol. The number of carbonyl (C=O) groups is 2. The summed E-state index contributed by atoms with van der Waals surface area (Å²) in [5.41, 5.74) is 1.47. The summed E-state index contributed by atoms with van der Waals surface area (Å²) in [4.78, 5) is 28.3. The maximum Gasteiger partial charge on any atom is 0.234 e. The van der Waals surface area contributed by atoms with Crippen molar-refractivity contribution in [2.75, 3.05) is 16.4 Å². The molecule has 0 aliphatic heterocycles. The normalized spacial score (nSPS) is 10.5. The van der Waals surface area contributed by atoms with Gasteiger partial charge < -0.3 is 10.6 Å². The summed E-state index contributed by atoms with van der Waals surface area (Å²) in [6, 6.07) is 11.1. The van der Waals surface area contributed by atoms with E-state index in [2.05, 4.69) is 15.6 Å². The minimum Gasteiger partial charge on any atom is -0.326 e. The van der Waals surface area contributed by atoms with Crippen molar-refractivity contribution in [3.63, 3.8) is 0 Å². The maximum atomic E-state index is 13.1. The fourth-order valence-electron chi connectivity index (χ4n) is 2.23. The lowest BCUT2D eigenvalue weighted by atomic mass is 10.3. The molecule has 3 rings (SSSR count). The van der Waals surface area contributed by atoms with Crippen LogP contribution in [0.3, 0.4) is 0 Å². The van der Waals surface area contributed by atoms with E-state index in [9.17, 15) is 18.4 Å². The first kappa shape index (κ1) is 20.0. The van der Waals surface area contributed by atoms with Gasteiger partial charge in [-0.15, -0.1) is 11.3 Å². The molecular formula is C19H15F2N3O2S2. The first-order valence-electron chi connectivity index (χ1n) is 8.16. The fraction of sp³-hybridized carbons (Fsp3) is 0.105. The second-order valence-corrected chi connectivity index (χ2v) is 7.76. The van der Waals surface area contributed by atoms with E-state index >= 15 is 0 Å². The monoisotopic (exact) mass is 419 g/mol. The third-order valence-electron chi connectivity index (χ3n) is 3.44. The molecule has 0 spiro atoms. The van der Waals surface area contributed by atoms with Gasteiger partial charge in [-0.2, -0.15) is 0 Å². The quantitative estimate of drug-likeness (QED) is 0.559. The lowest BCUT2D eigenvalue weighted by Crippen LogP contribution is -2.15. The third-order valence-corrected chi connectivity index (χ3v) is 5.51. The Morgan fingerprint density at radius 3 is 2.46 bits per heavy atom. The van der Waals surface area contributed by atoms with E-state index in [1.165, 1.54) is 65.6 Å². The summed E-state index contributed by atoms with van der Waals surface area (Å²) in [5, 5.41) is 7.02. The molecule has 0 fully saturated rings. The van der Waals surface area contributed by atoms with Crippen LogP contribution in [0.2, 0.25) is 0 Å². The summed E-state index contributed by atoms with van der Waals surface area (Å²) in [6.07, 6.45) is 0.0509. The number of amides is 2. The first-order chi connectivity index (χ1) is 13.5. The van der Waals surface area contributed by atoms with Crippen molar-refractivity contribution >= 4 is 46.3 Å². The molecule has 9 heteroatoms. The number of rotatable bonds is 7. The van der Waals surface area contributed by atoms with Crippen molar-refractivity contribution in [2.24, 2.45) is 0 Å². The van der Waals surface area contributed by atoms with Gasteiger partial charge in [0.25, 0.3) is 0 Å². The lowest BCUT2D eigenvalue weighted by molar-refractivity contribution is -0.116. The van der Waals surface area contributed by atoms with Crippen LogP contribution in [0.25, 0.3) is 0 Å². The van der Waals surface area contributed by atoms with Crippen LogP contribution < -0.4 is 10.6 Å². The van der Waals surface area contributed by atoms with E-state index < -0.39 is 5.82 Å². The Bertz CT molecular complexity index is 977. The molecule has 0 atom stereocenters. The Morgan fingerprint density at radius 1 is 0.964 bits per heavy atom. The van der Waals surface area contributed by atoms with Crippen molar-refractivity contribution < 1.29 is 18.4 Å². The number of halogens is 2. The Morgan fingerprint density at radius 2 is 1.71 bits per heavy atom. The molecule has 0 saturated heterocycles. The van der Waals surface area contributed by atoms with E-state index in [1.54, 1.807) is 11.4 Å². The highest BCUT2D eigenvalue weighted by atomic mass is 32.2. The standard InChI is InChI=1S/C19H15F2N3O2S2/c20-12-4-6-14(7-5-12)22-18(26)11-28-19-24-16(10-27-19)9-17(25)23-15-3-1-2-13(21)8-15/h1-8,10H,9,11H2,(H,22,26)(H,23,25). The van der Waals surface area contributed by atoms with E-state index in [0.717, 1.165) is 0 Å². The number of nitrogens with one attached hydrogen (secondary N) is 2. The summed E-state index contributed by atoms with van der Waals surface area (Å²) in [6.45, 7) is 0. The zero-order valence-corrected chi connectivity index (χ0v) is 16.1. The van der Waals surface area contributed by atoms with Crippen LogP contribution in [-0.4, -0.2) is 22.6 Å². The Kier molecular flexibility index (Phi) is 6.72. The van der Waals surface area contributed by atoms with Gasteiger partial charge in [0.1, 0.15) is 11.6 Å². The Labute approximate surface area is 168 Å². The molecule has 2 amide bonds. The van der Waals surface area contributed by atoms with Crippen LogP contribution in [0, 0.1) is 11.6 Å². The van der Waals surface area contributed by atoms with Crippen molar-refractivity contribution in [1.29, 1.82) is 0 Å². The number of nitrogens with zero attached hydrogens (tertiary/aromatic N) is 1. The maximum absolute atomic E-state index is 13.1. The van der Waals surface area contributed by atoms with Crippen molar-refractivity contribution in [3.05, 3.63) is 71.2 Å². The van der Waals surface area contributed by atoms with Crippen LogP contribution >= 0.6 is 23.1 Å². The SMILES string of the molecule is O=C(CSc1nc(CC(=O)Nc2cccc(F)c2)cs1)Nc1ccc(F)cc1. The topological polar surface area (TPSA) is 71.1 Å². The number of thioether (sulfide) groups is 1.